The third-order valence-corrected chi connectivity index (χ3v) is 4.86. The Hall–Kier alpha value is -2.40. The summed E-state index contributed by atoms with van der Waals surface area (Å²) < 4.78 is 5.92. The molecule has 0 radical (unpaired) electrons. The van der Waals surface area contributed by atoms with Crippen LogP contribution in [-0.4, -0.2) is 26.7 Å². The number of benzene rings is 2. The van der Waals surface area contributed by atoms with Crippen LogP contribution in [0.2, 0.25) is 0 Å². The van der Waals surface area contributed by atoms with E-state index < -0.39 is 0 Å². The summed E-state index contributed by atoms with van der Waals surface area (Å²) in [4.78, 5) is 1.50. The number of hydrogen-bond acceptors (Lipinski definition) is 4. The zero-order chi connectivity index (χ0) is 20.3. The Morgan fingerprint density at radius 2 is 1.75 bits per heavy atom. The van der Waals surface area contributed by atoms with Gasteiger partial charge in [0.1, 0.15) is 22.5 Å². The van der Waals surface area contributed by atoms with Gasteiger partial charge in [0.25, 0.3) is 0 Å². The number of phenols is 1. The quantitative estimate of drug-likeness (QED) is 0.594. The molecule has 1 atom stereocenters. The second-order valence-electron chi connectivity index (χ2n) is 8.99. The van der Waals surface area contributed by atoms with Gasteiger partial charge in [-0.1, -0.05) is 39.8 Å². The van der Waals surface area contributed by atoms with Crippen molar-refractivity contribution in [1.82, 2.24) is 15.0 Å². The van der Waals surface area contributed by atoms with Crippen LogP contribution in [0.25, 0.3) is 16.7 Å². The van der Waals surface area contributed by atoms with Crippen LogP contribution < -0.4 is 0 Å². The Morgan fingerprint density at radius 3 is 2.36 bits per heavy atom. The van der Waals surface area contributed by atoms with E-state index in [9.17, 15) is 5.11 Å². The predicted octanol–water partition coefficient (Wildman–Crippen LogP) is 5.41. The Balaban J connectivity index is 1.71. The Labute approximate surface area is 167 Å². The summed E-state index contributed by atoms with van der Waals surface area (Å²) in [6.07, 6.45) is 2.31. The van der Waals surface area contributed by atoms with Gasteiger partial charge in [-0.25, -0.2) is 0 Å². The van der Waals surface area contributed by atoms with Crippen molar-refractivity contribution in [1.29, 1.82) is 0 Å². The van der Waals surface area contributed by atoms with Gasteiger partial charge < -0.3 is 9.84 Å². The van der Waals surface area contributed by atoms with Crippen molar-refractivity contribution < 1.29 is 9.84 Å². The van der Waals surface area contributed by atoms with E-state index in [-0.39, 0.29) is 5.75 Å². The fourth-order valence-corrected chi connectivity index (χ4v) is 3.20. The van der Waals surface area contributed by atoms with E-state index in [2.05, 4.69) is 37.9 Å². The first-order chi connectivity index (χ1) is 13.2. The highest BCUT2D eigenvalue weighted by molar-refractivity contribution is 5.73. The van der Waals surface area contributed by atoms with Gasteiger partial charge in [-0.2, -0.15) is 0 Å². The second-order valence-corrected chi connectivity index (χ2v) is 8.99. The van der Waals surface area contributed by atoms with Gasteiger partial charge in [0.05, 0.1) is 6.61 Å². The van der Waals surface area contributed by atoms with Crippen LogP contribution in [0.1, 0.15) is 51.7 Å². The largest absolute Gasteiger partial charge is 0.505 e. The fraction of sp³-hybridized carbons (Fsp3) is 0.478. The first kappa shape index (κ1) is 20.3. The van der Waals surface area contributed by atoms with Crippen LogP contribution in [-0.2, 0) is 11.3 Å². The number of aromatic nitrogens is 3. The number of hydrogen-bond donors (Lipinski definition) is 1. The molecule has 3 aromatic rings. The van der Waals surface area contributed by atoms with Gasteiger partial charge in [-0.3, -0.25) is 0 Å². The van der Waals surface area contributed by atoms with Crippen molar-refractivity contribution in [2.24, 2.45) is 11.3 Å². The molecule has 2 aromatic carbocycles. The third kappa shape index (κ3) is 5.10. The normalized spacial score (nSPS) is 13.2. The minimum absolute atomic E-state index is 0.174. The summed E-state index contributed by atoms with van der Waals surface area (Å²) in [5.74, 6) is 0.664. The van der Waals surface area contributed by atoms with Crippen LogP contribution in [0.3, 0.4) is 0 Å². The number of aryl methyl sites for hydroxylation is 1. The Bertz CT molecular complexity index is 908. The van der Waals surface area contributed by atoms with E-state index in [0.29, 0.717) is 30.2 Å². The van der Waals surface area contributed by atoms with E-state index in [4.69, 9.17) is 4.74 Å². The molecule has 0 amide bonds. The molecule has 0 saturated carbocycles. The van der Waals surface area contributed by atoms with E-state index >= 15 is 0 Å². The average molecular weight is 382 g/mol. The second kappa shape index (κ2) is 8.31. The molecule has 0 spiro atoms. The van der Waals surface area contributed by atoms with Crippen molar-refractivity contribution in [3.05, 3.63) is 47.5 Å². The maximum Gasteiger partial charge on any atom is 0.148 e. The number of fused-ring (bicyclic) bond motifs is 1. The Kier molecular flexibility index (Phi) is 6.04. The third-order valence-electron chi connectivity index (χ3n) is 4.86. The monoisotopic (exact) mass is 381 g/mol. The summed E-state index contributed by atoms with van der Waals surface area (Å²) in [5, 5.41) is 19.8. The number of rotatable bonds is 7. The average Bonchev–Trinajstić information content (AvgIpc) is 3.06. The van der Waals surface area contributed by atoms with Crippen molar-refractivity contribution in [2.45, 2.75) is 54.1 Å². The summed E-state index contributed by atoms with van der Waals surface area (Å²) >= 11 is 0. The van der Waals surface area contributed by atoms with Crippen LogP contribution in [0, 0.1) is 18.3 Å². The predicted molar refractivity (Wildman–Crippen MR) is 113 cm³/mol. The lowest BCUT2D eigenvalue weighted by Crippen LogP contribution is -2.12. The maximum absolute atomic E-state index is 10.8. The van der Waals surface area contributed by atoms with Gasteiger partial charge in [0, 0.05) is 12.2 Å². The van der Waals surface area contributed by atoms with Gasteiger partial charge in [0.15, 0.2) is 0 Å². The minimum atomic E-state index is 0.174. The molecule has 28 heavy (non-hydrogen) atoms. The molecule has 150 valence electrons. The topological polar surface area (TPSA) is 60.2 Å². The zero-order valence-corrected chi connectivity index (χ0v) is 17.6. The lowest BCUT2D eigenvalue weighted by molar-refractivity contribution is 0.0843. The molecule has 0 bridgehead atoms. The SMILES string of the molecule is Cc1cc(COCC(C)CCC(C)(C)C)c(O)c(-n2nc3ccccc3n2)c1. The molecule has 1 unspecified atom stereocenters. The van der Waals surface area contributed by atoms with Crippen LogP contribution >= 0.6 is 0 Å². The van der Waals surface area contributed by atoms with Crippen LogP contribution in [0.5, 0.6) is 5.75 Å². The lowest BCUT2D eigenvalue weighted by Gasteiger charge is -2.21. The van der Waals surface area contributed by atoms with Gasteiger partial charge in [-0.15, -0.1) is 15.0 Å². The molecule has 0 saturated heterocycles. The van der Waals surface area contributed by atoms with Gasteiger partial charge in [0.2, 0.25) is 0 Å². The van der Waals surface area contributed by atoms with Crippen molar-refractivity contribution in [2.75, 3.05) is 6.61 Å². The zero-order valence-electron chi connectivity index (χ0n) is 17.6. The molecule has 3 rings (SSSR count). The molecule has 0 aliphatic heterocycles. The summed E-state index contributed by atoms with van der Waals surface area (Å²) in [6.45, 7) is 12.1. The number of nitrogens with zero attached hydrogens (tertiary/aromatic N) is 3. The highest BCUT2D eigenvalue weighted by atomic mass is 16.5. The molecule has 1 heterocycles. The van der Waals surface area contributed by atoms with Crippen molar-refractivity contribution in [3.63, 3.8) is 0 Å². The van der Waals surface area contributed by atoms with Crippen molar-refractivity contribution >= 4 is 11.0 Å². The first-order valence-electron chi connectivity index (χ1n) is 9.95. The molecule has 1 N–H and O–H groups in total. The fourth-order valence-electron chi connectivity index (χ4n) is 3.20. The molecular formula is C23H31N3O2. The molecule has 0 fully saturated rings. The van der Waals surface area contributed by atoms with E-state index in [1.807, 2.05) is 43.3 Å². The van der Waals surface area contributed by atoms with Crippen molar-refractivity contribution in [3.8, 4) is 11.4 Å². The summed E-state index contributed by atoms with van der Waals surface area (Å²) in [7, 11) is 0. The standard InChI is InChI=1S/C23H31N3O2/c1-16(10-11-23(3,4)5)14-28-15-18-12-17(2)13-21(22(18)27)26-24-19-8-6-7-9-20(19)25-26/h6-9,12-13,16,27H,10-11,14-15H2,1-5H3. The molecule has 0 aliphatic rings. The smallest absolute Gasteiger partial charge is 0.148 e. The minimum Gasteiger partial charge on any atom is -0.505 e. The molecular weight excluding hydrogens is 350 g/mol. The van der Waals surface area contributed by atoms with E-state index in [1.54, 1.807) is 0 Å². The molecule has 5 heteroatoms. The molecule has 1 aromatic heterocycles. The Morgan fingerprint density at radius 1 is 1.11 bits per heavy atom. The van der Waals surface area contributed by atoms with Crippen LogP contribution in [0.4, 0.5) is 0 Å². The van der Waals surface area contributed by atoms with E-state index in [0.717, 1.165) is 28.6 Å². The maximum atomic E-state index is 10.8. The van der Waals surface area contributed by atoms with Gasteiger partial charge in [-0.05, 0) is 60.9 Å². The number of ether oxygens (including phenoxy) is 1. The van der Waals surface area contributed by atoms with Crippen LogP contribution in [0.15, 0.2) is 36.4 Å². The number of phenolic OH excluding ortho intramolecular Hbond substituents is 1. The lowest BCUT2D eigenvalue weighted by atomic mass is 9.87. The molecule has 0 aliphatic carbocycles. The highest BCUT2D eigenvalue weighted by Crippen LogP contribution is 2.29. The first-order valence-corrected chi connectivity index (χ1v) is 9.95. The summed E-state index contributed by atoms with van der Waals surface area (Å²) in [6, 6.07) is 11.5. The van der Waals surface area contributed by atoms with E-state index in [1.165, 1.54) is 11.2 Å². The van der Waals surface area contributed by atoms with Gasteiger partial charge >= 0.3 is 0 Å². The highest BCUT2D eigenvalue weighted by Gasteiger charge is 2.15. The summed E-state index contributed by atoms with van der Waals surface area (Å²) in [5.41, 5.74) is 4.32. The molecule has 5 nitrogen and oxygen atoms in total. The number of aromatic hydroxyl groups is 1.